The Kier molecular flexibility index (Phi) is 6.66. The molecule has 12 aromatic rings. The lowest BCUT2D eigenvalue weighted by Crippen LogP contribution is -1.88. The standard InChI is InChI=1S/C54H32O2/c1-2-16-46-43(13-1)47(39-12-8-11-35(28-39)38-23-26-53-49(31-38)45-15-4-6-18-51(45)56-53)32-41-20-19-40-29-36(21-24-42(40)54(41)46)33-9-7-10-34(27-33)37-22-25-52-48(30-37)44-14-3-5-17-50(44)55-52/h1-32H. The summed E-state index contributed by atoms with van der Waals surface area (Å²) in [7, 11) is 0. The second-order valence-corrected chi connectivity index (χ2v) is 14.8. The molecule has 0 atom stereocenters. The van der Waals surface area contributed by atoms with Crippen molar-refractivity contribution in [2.75, 3.05) is 0 Å². The van der Waals surface area contributed by atoms with Gasteiger partial charge in [-0.1, -0.05) is 133 Å². The monoisotopic (exact) mass is 712 g/mol. The predicted molar refractivity (Wildman–Crippen MR) is 235 cm³/mol. The van der Waals surface area contributed by atoms with Crippen LogP contribution < -0.4 is 0 Å². The molecule has 0 spiro atoms. The molecule has 2 nitrogen and oxygen atoms in total. The molecule has 0 aliphatic heterocycles. The summed E-state index contributed by atoms with van der Waals surface area (Å²) in [5.74, 6) is 0. The minimum Gasteiger partial charge on any atom is -0.456 e. The normalized spacial score (nSPS) is 11.9. The molecule has 2 heteroatoms. The van der Waals surface area contributed by atoms with Crippen LogP contribution in [0.3, 0.4) is 0 Å². The van der Waals surface area contributed by atoms with Crippen molar-refractivity contribution >= 4 is 76.2 Å². The first kappa shape index (κ1) is 31.0. The van der Waals surface area contributed by atoms with Gasteiger partial charge in [0.15, 0.2) is 0 Å². The molecule has 0 fully saturated rings. The molecular formula is C54H32O2. The lowest BCUT2D eigenvalue weighted by Gasteiger charge is -2.15. The Morgan fingerprint density at radius 2 is 0.696 bits per heavy atom. The lowest BCUT2D eigenvalue weighted by molar-refractivity contribution is 0.668. The van der Waals surface area contributed by atoms with Gasteiger partial charge in [0.1, 0.15) is 22.3 Å². The van der Waals surface area contributed by atoms with Crippen LogP contribution in [-0.4, -0.2) is 0 Å². The van der Waals surface area contributed by atoms with Gasteiger partial charge in [-0.05, 0) is 137 Å². The summed E-state index contributed by atoms with van der Waals surface area (Å²) in [6.07, 6.45) is 0. The quantitative estimate of drug-likeness (QED) is 0.170. The molecule has 2 aromatic heterocycles. The van der Waals surface area contributed by atoms with E-state index >= 15 is 0 Å². The van der Waals surface area contributed by atoms with E-state index in [0.717, 1.165) is 43.9 Å². The summed E-state index contributed by atoms with van der Waals surface area (Å²) in [5, 5.41) is 12.1. The molecule has 0 aliphatic carbocycles. The number of hydrogen-bond donors (Lipinski definition) is 0. The van der Waals surface area contributed by atoms with E-state index in [1.807, 2.05) is 24.3 Å². The SMILES string of the molecule is c1cc(-c2ccc3c(ccc4cc(-c5cccc(-c6ccc7oc8ccccc8c7c6)c5)c5ccccc5c43)c2)cc(-c2ccc3oc4ccccc4c3c2)c1. The molecule has 0 amide bonds. The smallest absolute Gasteiger partial charge is 0.135 e. The van der Waals surface area contributed by atoms with Gasteiger partial charge in [0.25, 0.3) is 0 Å². The first-order valence-electron chi connectivity index (χ1n) is 19.1. The maximum absolute atomic E-state index is 6.12. The van der Waals surface area contributed by atoms with E-state index in [9.17, 15) is 0 Å². The summed E-state index contributed by atoms with van der Waals surface area (Å²) < 4.78 is 12.2. The van der Waals surface area contributed by atoms with E-state index in [2.05, 4.69) is 170 Å². The molecule has 56 heavy (non-hydrogen) atoms. The molecule has 12 rings (SSSR count). The average molecular weight is 713 g/mol. The third-order valence-electron chi connectivity index (χ3n) is 11.6. The van der Waals surface area contributed by atoms with Gasteiger partial charge in [0, 0.05) is 21.5 Å². The molecule has 0 aliphatic rings. The lowest BCUT2D eigenvalue weighted by atomic mass is 9.89. The molecule has 260 valence electrons. The fourth-order valence-electron chi connectivity index (χ4n) is 8.91. The third kappa shape index (κ3) is 4.83. The van der Waals surface area contributed by atoms with Crippen LogP contribution in [0, 0.1) is 0 Å². The second-order valence-electron chi connectivity index (χ2n) is 14.8. The maximum atomic E-state index is 6.12. The second kappa shape index (κ2) is 12.0. The topological polar surface area (TPSA) is 26.3 Å². The van der Waals surface area contributed by atoms with Crippen molar-refractivity contribution in [3.63, 3.8) is 0 Å². The van der Waals surface area contributed by atoms with Crippen LogP contribution >= 0.6 is 0 Å². The summed E-state index contributed by atoms with van der Waals surface area (Å²) in [6.45, 7) is 0. The minimum atomic E-state index is 0.914. The highest BCUT2D eigenvalue weighted by molar-refractivity contribution is 6.23. The van der Waals surface area contributed by atoms with E-state index in [0.29, 0.717) is 0 Å². The third-order valence-corrected chi connectivity index (χ3v) is 11.6. The van der Waals surface area contributed by atoms with E-state index in [4.69, 9.17) is 8.83 Å². The van der Waals surface area contributed by atoms with E-state index in [1.54, 1.807) is 0 Å². The number of rotatable bonds is 4. The Balaban J connectivity index is 0.942. The molecule has 0 bridgehead atoms. The number of furan rings is 2. The number of fused-ring (bicyclic) bond motifs is 11. The molecule has 0 unspecified atom stereocenters. The van der Waals surface area contributed by atoms with Crippen molar-refractivity contribution in [1.82, 2.24) is 0 Å². The van der Waals surface area contributed by atoms with Crippen LogP contribution in [0.2, 0.25) is 0 Å². The Hall–Kier alpha value is -7.42. The summed E-state index contributed by atoms with van der Waals surface area (Å²) >= 11 is 0. The van der Waals surface area contributed by atoms with Crippen LogP contribution in [0.1, 0.15) is 0 Å². The molecule has 10 aromatic carbocycles. The highest BCUT2D eigenvalue weighted by Gasteiger charge is 2.15. The fourth-order valence-corrected chi connectivity index (χ4v) is 8.91. The van der Waals surface area contributed by atoms with Crippen molar-refractivity contribution in [3.8, 4) is 44.5 Å². The Labute approximate surface area is 322 Å². The van der Waals surface area contributed by atoms with E-state index < -0.39 is 0 Å². The zero-order chi connectivity index (χ0) is 36.7. The van der Waals surface area contributed by atoms with Gasteiger partial charge in [0.2, 0.25) is 0 Å². The number of para-hydroxylation sites is 2. The van der Waals surface area contributed by atoms with Gasteiger partial charge >= 0.3 is 0 Å². The van der Waals surface area contributed by atoms with Crippen LogP contribution in [0.25, 0.3) is 121 Å². The van der Waals surface area contributed by atoms with Crippen molar-refractivity contribution in [2.45, 2.75) is 0 Å². The zero-order valence-corrected chi connectivity index (χ0v) is 30.3. The number of benzene rings is 10. The highest BCUT2D eigenvalue weighted by Crippen LogP contribution is 2.41. The Bertz CT molecular complexity index is 3540. The van der Waals surface area contributed by atoms with Gasteiger partial charge in [-0.25, -0.2) is 0 Å². The van der Waals surface area contributed by atoms with Crippen LogP contribution in [0.5, 0.6) is 0 Å². The average Bonchev–Trinajstić information content (AvgIpc) is 3.83. The Morgan fingerprint density at radius 1 is 0.232 bits per heavy atom. The fraction of sp³-hybridized carbons (Fsp3) is 0. The highest BCUT2D eigenvalue weighted by atomic mass is 16.3. The molecule has 0 saturated carbocycles. The maximum Gasteiger partial charge on any atom is 0.135 e. The Morgan fingerprint density at radius 3 is 1.34 bits per heavy atom. The van der Waals surface area contributed by atoms with Crippen molar-refractivity contribution in [3.05, 3.63) is 194 Å². The predicted octanol–water partition coefficient (Wildman–Crippen LogP) is 15.6. The van der Waals surface area contributed by atoms with Gasteiger partial charge in [-0.3, -0.25) is 0 Å². The summed E-state index contributed by atoms with van der Waals surface area (Å²) in [6, 6.07) is 70.1. The molecule has 0 radical (unpaired) electrons. The van der Waals surface area contributed by atoms with E-state index in [-0.39, 0.29) is 0 Å². The summed E-state index contributed by atoms with van der Waals surface area (Å²) in [4.78, 5) is 0. The van der Waals surface area contributed by atoms with Gasteiger partial charge in [-0.2, -0.15) is 0 Å². The van der Waals surface area contributed by atoms with Gasteiger partial charge in [-0.15, -0.1) is 0 Å². The minimum absolute atomic E-state index is 0.914. The van der Waals surface area contributed by atoms with Crippen LogP contribution in [0.4, 0.5) is 0 Å². The van der Waals surface area contributed by atoms with E-state index in [1.165, 1.54) is 76.8 Å². The summed E-state index contributed by atoms with van der Waals surface area (Å²) in [5.41, 5.74) is 13.2. The van der Waals surface area contributed by atoms with Crippen molar-refractivity contribution < 1.29 is 8.83 Å². The van der Waals surface area contributed by atoms with Crippen molar-refractivity contribution in [1.29, 1.82) is 0 Å². The molecule has 0 saturated heterocycles. The number of hydrogen-bond acceptors (Lipinski definition) is 2. The van der Waals surface area contributed by atoms with Gasteiger partial charge < -0.3 is 8.83 Å². The zero-order valence-electron chi connectivity index (χ0n) is 30.3. The first-order valence-corrected chi connectivity index (χ1v) is 19.1. The van der Waals surface area contributed by atoms with Gasteiger partial charge in [0.05, 0.1) is 0 Å². The van der Waals surface area contributed by atoms with Crippen molar-refractivity contribution in [2.24, 2.45) is 0 Å². The van der Waals surface area contributed by atoms with Crippen LogP contribution in [0.15, 0.2) is 203 Å². The van der Waals surface area contributed by atoms with Crippen LogP contribution in [-0.2, 0) is 0 Å². The molecule has 0 N–H and O–H groups in total. The molecular weight excluding hydrogens is 681 g/mol. The first-order chi connectivity index (χ1) is 27.7. The largest absolute Gasteiger partial charge is 0.456 e. The molecule has 2 heterocycles.